The van der Waals surface area contributed by atoms with Gasteiger partial charge in [-0.3, -0.25) is 9.35 Å². The average Bonchev–Trinajstić information content (AvgIpc) is 2.87. The minimum absolute atomic E-state index is 0. The maximum absolute atomic E-state index is 13.4. The first-order valence-corrected chi connectivity index (χ1v) is 13.3. The molecule has 0 aliphatic heterocycles. The number of carbonyl (C=O) groups excluding carboxylic acids is 1. The number of amides is 1. The monoisotopic (exact) mass is 595 g/mol. The van der Waals surface area contributed by atoms with Gasteiger partial charge in [0, 0.05) is 27.1 Å². The fraction of sp³-hybridized carbons (Fsp3) is 0.115. The number of hydrogen-bond acceptors (Lipinski definition) is 7. The molecule has 0 saturated carbocycles. The van der Waals surface area contributed by atoms with Crippen molar-refractivity contribution in [3.05, 3.63) is 81.8 Å². The van der Waals surface area contributed by atoms with Gasteiger partial charge < -0.3 is 15.2 Å². The number of carbonyl (C=O) groups is 1. The zero-order valence-electron chi connectivity index (χ0n) is 21.0. The smallest absolute Gasteiger partial charge is 0.870 e. The van der Waals surface area contributed by atoms with Crippen LogP contribution in [0.3, 0.4) is 0 Å². The van der Waals surface area contributed by atoms with Crippen LogP contribution in [0.1, 0.15) is 22.8 Å². The Morgan fingerprint density at radius 2 is 1.79 bits per heavy atom. The second kappa shape index (κ2) is 12.6. The molecule has 196 valence electrons. The van der Waals surface area contributed by atoms with Crippen molar-refractivity contribution in [3.63, 3.8) is 0 Å². The Morgan fingerprint density at radius 3 is 2.46 bits per heavy atom. The summed E-state index contributed by atoms with van der Waals surface area (Å²) in [7, 11) is -3.17. The Kier molecular flexibility index (Phi) is 10.0. The van der Waals surface area contributed by atoms with E-state index >= 15 is 0 Å². The molecule has 9 nitrogen and oxygen atoms in total. The Hall–Kier alpha value is -2.70. The summed E-state index contributed by atoms with van der Waals surface area (Å²) in [5.74, 6) is -1.10. The number of hydrogen-bond donors (Lipinski definition) is 2. The number of methoxy groups -OCH3 is 1. The number of azo groups is 1. The van der Waals surface area contributed by atoms with Gasteiger partial charge >= 0.3 is 29.6 Å². The van der Waals surface area contributed by atoms with Crippen LogP contribution in [0.2, 0.25) is 10.0 Å². The zero-order chi connectivity index (χ0) is 27.6. The van der Waals surface area contributed by atoms with Crippen LogP contribution < -0.4 is 44.7 Å². The van der Waals surface area contributed by atoms with Crippen LogP contribution in [0.15, 0.2) is 75.8 Å². The van der Waals surface area contributed by atoms with E-state index in [1.165, 1.54) is 25.3 Å². The number of fused-ring (bicyclic) bond motifs is 1. The molecule has 0 saturated heterocycles. The third kappa shape index (κ3) is 6.72. The molecule has 0 aliphatic rings. The molecule has 4 aromatic rings. The molecule has 0 aliphatic carbocycles. The van der Waals surface area contributed by atoms with E-state index in [2.05, 4.69) is 15.5 Å². The second-order valence-electron chi connectivity index (χ2n) is 8.05. The Balaban J connectivity index is 0.00000420. The summed E-state index contributed by atoms with van der Waals surface area (Å²) in [6.07, 6.45) is 0.246. The molecule has 2 N–H and O–H groups in total. The van der Waals surface area contributed by atoms with Gasteiger partial charge in [-0.1, -0.05) is 60.1 Å². The van der Waals surface area contributed by atoms with Gasteiger partial charge in [0.25, 0.3) is 16.0 Å². The molecule has 1 amide bonds. The van der Waals surface area contributed by atoms with Crippen molar-refractivity contribution < 1.29 is 57.2 Å². The number of ether oxygens (including phenoxy) is 1. The molecule has 0 bridgehead atoms. The van der Waals surface area contributed by atoms with Crippen LogP contribution in [-0.2, 0) is 16.5 Å². The Bertz CT molecular complexity index is 1710. The number of nitrogens with one attached hydrogen (secondary N) is 1. The Morgan fingerprint density at radius 1 is 1.08 bits per heavy atom. The van der Waals surface area contributed by atoms with E-state index in [1.54, 1.807) is 43.3 Å². The molecule has 4 rings (SSSR count). The fourth-order valence-corrected chi connectivity index (χ4v) is 5.27. The molecule has 0 unspecified atom stereocenters. The summed E-state index contributed by atoms with van der Waals surface area (Å²) in [6, 6.07) is 15.3. The van der Waals surface area contributed by atoms with Crippen molar-refractivity contribution in [1.82, 2.24) is 0 Å². The number of benzene rings is 4. The molecule has 0 spiro atoms. The maximum atomic E-state index is 13.4. The first-order valence-electron chi connectivity index (χ1n) is 11.1. The van der Waals surface area contributed by atoms with E-state index < -0.39 is 26.7 Å². The van der Waals surface area contributed by atoms with Crippen molar-refractivity contribution in [2.75, 3.05) is 12.4 Å². The van der Waals surface area contributed by atoms with Crippen molar-refractivity contribution >= 4 is 67.1 Å². The van der Waals surface area contributed by atoms with Crippen molar-refractivity contribution in [2.24, 2.45) is 10.2 Å². The molecule has 13 heteroatoms. The molecule has 0 atom stereocenters. The first-order chi connectivity index (χ1) is 18.0. The summed E-state index contributed by atoms with van der Waals surface area (Å²) in [5.41, 5.74) is 0.178. The van der Waals surface area contributed by atoms with E-state index in [1.807, 2.05) is 0 Å². The summed E-state index contributed by atoms with van der Waals surface area (Å²) in [5, 5.41) is 25.6. The van der Waals surface area contributed by atoms with Crippen molar-refractivity contribution in [2.45, 2.75) is 18.2 Å². The van der Waals surface area contributed by atoms with Gasteiger partial charge in [-0.05, 0) is 47.7 Å². The molecule has 0 heterocycles. The molecule has 39 heavy (non-hydrogen) atoms. The molecule has 0 radical (unpaired) electrons. The number of nitrogens with zero attached hydrogens (tertiary/aromatic N) is 2. The molecule has 4 aromatic carbocycles. The van der Waals surface area contributed by atoms with Crippen molar-refractivity contribution in [1.29, 1.82) is 0 Å². The van der Waals surface area contributed by atoms with E-state index in [9.17, 15) is 22.9 Å². The number of halogens is 2. The van der Waals surface area contributed by atoms with E-state index in [0.29, 0.717) is 27.2 Å². The predicted octanol–water partition coefficient (Wildman–Crippen LogP) is 3.71. The molecule has 0 aromatic heterocycles. The van der Waals surface area contributed by atoms with Crippen LogP contribution >= 0.6 is 23.2 Å². The minimum Gasteiger partial charge on any atom is -0.870 e. The third-order valence-corrected chi connectivity index (χ3v) is 7.16. The summed E-state index contributed by atoms with van der Waals surface area (Å²) in [6.45, 7) is 1.68. The fourth-order valence-electron chi connectivity index (χ4n) is 3.87. The van der Waals surface area contributed by atoms with Gasteiger partial charge in [0.15, 0.2) is 0 Å². The van der Waals surface area contributed by atoms with E-state index in [-0.39, 0.29) is 63.5 Å². The molecular weight excluding hydrogens is 576 g/mol. The molecular formula is C26H20Cl2N3NaO6S. The Labute approximate surface area is 256 Å². The summed E-state index contributed by atoms with van der Waals surface area (Å²) < 4.78 is 38.6. The van der Waals surface area contributed by atoms with Gasteiger partial charge in [-0.25, -0.2) is 0 Å². The zero-order valence-corrected chi connectivity index (χ0v) is 25.4. The van der Waals surface area contributed by atoms with Crippen LogP contribution in [0.5, 0.6) is 11.5 Å². The standard InChI is InChI=1S/C26H21Cl2N3O6S.Na/c1-3-17-20(28)12-16(13-23(17)38(34,35)36)30-31-24-18-7-5-4-6-14(18)10-19(25(24)32)26(33)29-21-9-8-15(27)11-22(21)37-2;/h4-13,32H,3H2,1-2H3,(H,29,33)(H,34,35,36);/q;+1/p-1. The minimum atomic E-state index is -4.59. The van der Waals surface area contributed by atoms with Gasteiger partial charge in [0.2, 0.25) is 0 Å². The normalized spacial score (nSPS) is 11.4. The van der Waals surface area contributed by atoms with Gasteiger partial charge in [-0.15, -0.1) is 0 Å². The van der Waals surface area contributed by atoms with Gasteiger partial charge in [-0.2, -0.15) is 18.6 Å². The van der Waals surface area contributed by atoms with Crippen molar-refractivity contribution in [3.8, 4) is 11.5 Å². The molecule has 0 fully saturated rings. The van der Waals surface area contributed by atoms with Crippen LogP contribution in [0.4, 0.5) is 17.1 Å². The van der Waals surface area contributed by atoms with E-state index in [0.717, 1.165) is 6.07 Å². The average molecular weight is 596 g/mol. The maximum Gasteiger partial charge on any atom is 1.00 e. The predicted molar refractivity (Wildman–Crippen MR) is 144 cm³/mol. The summed E-state index contributed by atoms with van der Waals surface area (Å²) >= 11 is 12.2. The number of anilines is 1. The van der Waals surface area contributed by atoms with Gasteiger partial charge in [0.1, 0.15) is 10.6 Å². The number of rotatable bonds is 7. The largest absolute Gasteiger partial charge is 1.00 e. The van der Waals surface area contributed by atoms with E-state index in [4.69, 9.17) is 27.9 Å². The third-order valence-electron chi connectivity index (χ3n) is 5.67. The quantitative estimate of drug-likeness (QED) is 0.189. The van der Waals surface area contributed by atoms with Crippen LogP contribution in [0.25, 0.3) is 10.8 Å². The second-order valence-corrected chi connectivity index (χ2v) is 10.3. The summed E-state index contributed by atoms with van der Waals surface area (Å²) in [4.78, 5) is 12.7. The van der Waals surface area contributed by atoms with Crippen LogP contribution in [0, 0.1) is 0 Å². The van der Waals surface area contributed by atoms with Crippen LogP contribution in [-0.4, -0.2) is 26.0 Å². The SMILES string of the molecule is CCc1c(Cl)cc(N=Nc2c([O-])c(C(=O)Nc3ccc(Cl)cc3OC)cc3ccccc23)cc1S(=O)(=O)O.[Na+]. The van der Waals surface area contributed by atoms with Gasteiger partial charge in [0.05, 0.1) is 24.2 Å². The topological polar surface area (TPSA) is 140 Å². The first kappa shape index (κ1) is 30.8.